The Labute approximate surface area is 215 Å². The van der Waals surface area contributed by atoms with Gasteiger partial charge in [-0.2, -0.15) is 0 Å². The number of piperazine rings is 1. The Morgan fingerprint density at radius 3 is 2.62 bits per heavy atom. The van der Waals surface area contributed by atoms with Gasteiger partial charge in [-0.3, -0.25) is 9.80 Å². The molecule has 5 aliphatic heterocycles. The molecule has 7 rings (SSSR count). The summed E-state index contributed by atoms with van der Waals surface area (Å²) in [5, 5.41) is 23.4. The quantitative estimate of drug-likeness (QED) is 0.594. The third-order valence-corrected chi connectivity index (χ3v) is 8.88. The Bertz CT molecular complexity index is 1300. The number of phenolic OH excluding ortho intramolecular Hbond substituents is 1. The number of methoxy groups -OCH3 is 2. The molecule has 0 unspecified atom stereocenters. The molecule has 6 atom stereocenters. The number of nitrogens with zero attached hydrogens (tertiary/aromatic N) is 2. The molecule has 2 N–H and O–H groups in total. The molecule has 10 nitrogen and oxygen atoms in total. The first-order chi connectivity index (χ1) is 17.9. The fourth-order valence-electron chi connectivity index (χ4n) is 7.43. The van der Waals surface area contributed by atoms with Crippen LogP contribution in [-0.2, 0) is 15.9 Å². The van der Waals surface area contributed by atoms with Crippen molar-refractivity contribution >= 4 is 0 Å². The van der Waals surface area contributed by atoms with E-state index in [-0.39, 0.29) is 43.7 Å². The minimum atomic E-state index is -1.01. The third-order valence-electron chi connectivity index (χ3n) is 8.88. The zero-order valence-electron chi connectivity index (χ0n) is 21.6. The Hall–Kier alpha value is -2.76. The van der Waals surface area contributed by atoms with Gasteiger partial charge in [0.25, 0.3) is 0 Å². The molecule has 2 bridgehead atoms. The van der Waals surface area contributed by atoms with Crippen LogP contribution in [0.5, 0.6) is 28.7 Å². The molecule has 0 spiro atoms. The highest BCUT2D eigenvalue weighted by Gasteiger charge is 2.62. The van der Waals surface area contributed by atoms with Gasteiger partial charge in [-0.05, 0) is 38.4 Å². The van der Waals surface area contributed by atoms with Gasteiger partial charge in [-0.1, -0.05) is 6.07 Å². The highest BCUT2D eigenvalue weighted by molar-refractivity contribution is 5.67. The zero-order chi connectivity index (χ0) is 25.7. The summed E-state index contributed by atoms with van der Waals surface area (Å²) in [5.74, 6) is 2.48. The molecule has 37 heavy (non-hydrogen) atoms. The second-order valence-electron chi connectivity index (χ2n) is 10.5. The van der Waals surface area contributed by atoms with Crippen LogP contribution in [0.1, 0.15) is 51.6 Å². The first-order valence-electron chi connectivity index (χ1n) is 12.6. The number of fused-ring (bicyclic) bond motifs is 10. The summed E-state index contributed by atoms with van der Waals surface area (Å²) in [6, 6.07) is 1.38. The van der Waals surface area contributed by atoms with Crippen LogP contribution in [0.4, 0.5) is 0 Å². The predicted octanol–water partition coefficient (Wildman–Crippen LogP) is 2.46. The number of aliphatic hydroxyl groups excluding tert-OH is 1. The predicted molar refractivity (Wildman–Crippen MR) is 130 cm³/mol. The number of aryl methyl sites for hydroxylation is 1. The first-order valence-corrected chi connectivity index (χ1v) is 12.6. The smallest absolute Gasteiger partial charge is 0.231 e. The van der Waals surface area contributed by atoms with Crippen LogP contribution in [0.15, 0.2) is 6.07 Å². The van der Waals surface area contributed by atoms with Crippen molar-refractivity contribution in [3.63, 3.8) is 0 Å². The maximum atomic E-state index is 12.1. The number of benzene rings is 2. The zero-order valence-corrected chi connectivity index (χ0v) is 21.6. The van der Waals surface area contributed by atoms with Crippen LogP contribution in [0, 0.1) is 13.8 Å². The minimum absolute atomic E-state index is 0.0491. The van der Waals surface area contributed by atoms with Crippen molar-refractivity contribution in [2.45, 2.75) is 56.8 Å². The van der Waals surface area contributed by atoms with E-state index in [0.29, 0.717) is 40.7 Å². The van der Waals surface area contributed by atoms with Crippen molar-refractivity contribution in [1.29, 1.82) is 0 Å². The molecule has 10 heteroatoms. The maximum Gasteiger partial charge on any atom is 0.231 e. The van der Waals surface area contributed by atoms with E-state index in [1.54, 1.807) is 21.1 Å². The highest BCUT2D eigenvalue weighted by Crippen LogP contribution is 2.62. The van der Waals surface area contributed by atoms with Gasteiger partial charge in [-0.25, -0.2) is 0 Å². The van der Waals surface area contributed by atoms with Crippen molar-refractivity contribution in [2.75, 3.05) is 41.5 Å². The van der Waals surface area contributed by atoms with Crippen LogP contribution >= 0.6 is 0 Å². The Morgan fingerprint density at radius 2 is 1.86 bits per heavy atom. The fourth-order valence-corrected chi connectivity index (χ4v) is 7.43. The molecule has 0 aliphatic carbocycles. The summed E-state index contributed by atoms with van der Waals surface area (Å²) < 4.78 is 35.3. The van der Waals surface area contributed by atoms with Gasteiger partial charge in [0.05, 0.1) is 37.9 Å². The lowest BCUT2D eigenvalue weighted by Gasteiger charge is -2.59. The summed E-state index contributed by atoms with van der Waals surface area (Å²) in [7, 11) is 5.30. The van der Waals surface area contributed by atoms with E-state index in [1.807, 2.05) is 6.92 Å². The monoisotopic (exact) mass is 512 g/mol. The number of likely N-dealkylation sites (N-methyl/N-ethyl adjacent to an activating group) is 1. The highest BCUT2D eigenvalue weighted by atomic mass is 16.7. The van der Waals surface area contributed by atoms with E-state index in [2.05, 4.69) is 22.9 Å². The molecule has 5 heterocycles. The number of phenols is 1. The van der Waals surface area contributed by atoms with Crippen LogP contribution in [0.25, 0.3) is 0 Å². The summed E-state index contributed by atoms with van der Waals surface area (Å²) in [6.45, 7) is 4.39. The van der Waals surface area contributed by atoms with E-state index in [9.17, 15) is 10.2 Å². The summed E-state index contributed by atoms with van der Waals surface area (Å²) >= 11 is 0. The van der Waals surface area contributed by atoms with Crippen LogP contribution in [0.3, 0.4) is 0 Å². The number of hydrogen-bond acceptors (Lipinski definition) is 10. The molecule has 5 aliphatic rings. The van der Waals surface area contributed by atoms with Gasteiger partial charge < -0.3 is 38.6 Å². The average molecular weight is 513 g/mol. The number of aliphatic hydroxyl groups is 1. The first kappa shape index (κ1) is 23.4. The lowest BCUT2D eigenvalue weighted by molar-refractivity contribution is -0.160. The molecular formula is C27H32N2O8. The van der Waals surface area contributed by atoms with Gasteiger partial charge in [-0.15, -0.1) is 0 Å². The van der Waals surface area contributed by atoms with E-state index >= 15 is 0 Å². The third kappa shape index (κ3) is 2.87. The lowest BCUT2D eigenvalue weighted by atomic mass is 9.72. The van der Waals surface area contributed by atoms with E-state index in [4.69, 9.17) is 28.4 Å². The van der Waals surface area contributed by atoms with E-state index in [1.165, 1.54) is 0 Å². The number of hydrogen-bond donors (Lipinski definition) is 2. The molecule has 0 saturated carbocycles. The van der Waals surface area contributed by atoms with Crippen molar-refractivity contribution in [2.24, 2.45) is 0 Å². The molecular weight excluding hydrogens is 480 g/mol. The molecule has 0 amide bonds. The van der Waals surface area contributed by atoms with Gasteiger partial charge >= 0.3 is 0 Å². The van der Waals surface area contributed by atoms with Crippen LogP contribution in [0.2, 0.25) is 0 Å². The van der Waals surface area contributed by atoms with Crippen molar-refractivity contribution in [3.05, 3.63) is 39.4 Å². The number of ether oxygens (including phenoxy) is 6. The van der Waals surface area contributed by atoms with Crippen molar-refractivity contribution < 1.29 is 38.6 Å². The topological polar surface area (TPSA) is 102 Å². The second kappa shape index (κ2) is 8.12. The van der Waals surface area contributed by atoms with Crippen molar-refractivity contribution in [3.8, 4) is 28.7 Å². The Balaban J connectivity index is 1.47. The minimum Gasteiger partial charge on any atom is -0.507 e. The van der Waals surface area contributed by atoms with Crippen LogP contribution < -0.4 is 18.9 Å². The molecule has 0 aromatic heterocycles. The summed E-state index contributed by atoms with van der Waals surface area (Å²) in [5.41, 5.74) is 4.94. The van der Waals surface area contributed by atoms with Gasteiger partial charge in [0.2, 0.25) is 6.79 Å². The molecule has 2 aromatic carbocycles. The van der Waals surface area contributed by atoms with Crippen molar-refractivity contribution in [1.82, 2.24) is 9.80 Å². The second-order valence-corrected chi connectivity index (χ2v) is 10.5. The Kier molecular flexibility index (Phi) is 5.13. The van der Waals surface area contributed by atoms with Gasteiger partial charge in [0.15, 0.2) is 29.8 Å². The summed E-state index contributed by atoms with van der Waals surface area (Å²) in [6.07, 6.45) is -0.471. The fraction of sp³-hybridized carbons (Fsp3) is 0.556. The van der Waals surface area contributed by atoms with E-state index < -0.39 is 12.1 Å². The SMILES string of the molecule is COCOc1c(OC)c(C)cc2c1[C@@H]1[C@@H]3[C@@H](O)c4c(O)c(C)c5c(c4[C@@H]4CO[C@H]([C@H](C2)N1C)N34)OCO5. The Morgan fingerprint density at radius 1 is 1.08 bits per heavy atom. The van der Waals surface area contributed by atoms with E-state index in [0.717, 1.165) is 28.7 Å². The lowest BCUT2D eigenvalue weighted by Crippen LogP contribution is -2.67. The van der Waals surface area contributed by atoms with Gasteiger partial charge in [0, 0.05) is 29.4 Å². The normalized spacial score (nSPS) is 31.1. The molecule has 2 saturated heterocycles. The largest absolute Gasteiger partial charge is 0.507 e. The van der Waals surface area contributed by atoms with Crippen LogP contribution in [-0.4, -0.2) is 79.8 Å². The number of aromatic hydroxyl groups is 1. The molecule has 198 valence electrons. The molecule has 0 radical (unpaired) electrons. The summed E-state index contributed by atoms with van der Waals surface area (Å²) in [4.78, 5) is 4.57. The standard InChI is InChI=1S/C27H32N2O8/c1-11-6-13-7-14-27-29-15(8-34-27)17-18(21(30)12(2)24-26(17)37-10-36-24)22(31)20(29)19(28(14)3)16(13)25(23(11)33-5)35-9-32-4/h6,14-15,19-20,22,27,30-31H,7-10H2,1-5H3/t14-,15-,19+,20+,22-,27+/m0/s1. The molecule has 2 fully saturated rings. The average Bonchev–Trinajstić information content (AvgIpc) is 3.53. The maximum absolute atomic E-state index is 12.1. The molecule has 2 aromatic rings. The number of rotatable bonds is 4. The van der Waals surface area contributed by atoms with Gasteiger partial charge in [0.1, 0.15) is 18.1 Å².